The third-order valence-electron chi connectivity index (χ3n) is 4.41. The fourth-order valence-corrected chi connectivity index (χ4v) is 3.00. The molecule has 6 heteroatoms. The van der Waals surface area contributed by atoms with Crippen molar-refractivity contribution in [1.29, 1.82) is 0 Å². The summed E-state index contributed by atoms with van der Waals surface area (Å²) in [7, 11) is 1.70. The van der Waals surface area contributed by atoms with Crippen LogP contribution in [0.4, 0.5) is 11.6 Å². The third-order valence-corrected chi connectivity index (χ3v) is 4.41. The zero-order chi connectivity index (χ0) is 17.8. The van der Waals surface area contributed by atoms with Crippen molar-refractivity contribution < 1.29 is 9.84 Å². The molecular formula is C19H26N4O2. The maximum atomic E-state index is 9.05. The summed E-state index contributed by atoms with van der Waals surface area (Å²) in [4.78, 5) is 11.6. The van der Waals surface area contributed by atoms with E-state index < -0.39 is 0 Å². The summed E-state index contributed by atoms with van der Waals surface area (Å²) in [5.74, 6) is 3.67. The highest BCUT2D eigenvalue weighted by Gasteiger charge is 2.20. The van der Waals surface area contributed by atoms with E-state index >= 15 is 0 Å². The molecule has 1 aromatic heterocycles. The van der Waals surface area contributed by atoms with Gasteiger partial charge in [0.15, 0.2) is 0 Å². The Hall–Kier alpha value is -2.34. The lowest BCUT2D eigenvalue weighted by Crippen LogP contribution is -2.31. The topological polar surface area (TPSA) is 70.5 Å². The average molecular weight is 342 g/mol. The first-order valence-corrected chi connectivity index (χ1v) is 8.75. The SMILES string of the molecule is COc1ccc2c(c1)CCN(c1cc(NCCO)nc(C(C)C)n1)C2. The Morgan fingerprint density at radius 2 is 2.08 bits per heavy atom. The molecule has 6 nitrogen and oxygen atoms in total. The highest BCUT2D eigenvalue weighted by Crippen LogP contribution is 2.28. The number of benzene rings is 1. The second kappa shape index (κ2) is 7.70. The molecule has 1 aliphatic heterocycles. The molecule has 1 aromatic carbocycles. The number of ether oxygens (including phenoxy) is 1. The molecule has 0 spiro atoms. The molecule has 0 fully saturated rings. The van der Waals surface area contributed by atoms with Crippen molar-refractivity contribution in [2.24, 2.45) is 0 Å². The molecule has 1 aliphatic rings. The van der Waals surface area contributed by atoms with Gasteiger partial charge >= 0.3 is 0 Å². The van der Waals surface area contributed by atoms with Gasteiger partial charge in [-0.1, -0.05) is 19.9 Å². The number of hydrogen-bond donors (Lipinski definition) is 2. The van der Waals surface area contributed by atoms with E-state index in [9.17, 15) is 0 Å². The van der Waals surface area contributed by atoms with Gasteiger partial charge in [-0.05, 0) is 29.7 Å². The first-order valence-electron chi connectivity index (χ1n) is 8.75. The highest BCUT2D eigenvalue weighted by atomic mass is 16.5. The summed E-state index contributed by atoms with van der Waals surface area (Å²) in [5, 5.41) is 12.2. The Morgan fingerprint density at radius 3 is 2.80 bits per heavy atom. The quantitative estimate of drug-likeness (QED) is 0.841. The van der Waals surface area contributed by atoms with Gasteiger partial charge in [-0.15, -0.1) is 0 Å². The molecule has 2 heterocycles. The van der Waals surface area contributed by atoms with Crippen molar-refractivity contribution in [3.63, 3.8) is 0 Å². The molecule has 0 bridgehead atoms. The van der Waals surface area contributed by atoms with Gasteiger partial charge in [-0.3, -0.25) is 0 Å². The average Bonchev–Trinajstić information content (AvgIpc) is 2.65. The largest absolute Gasteiger partial charge is 0.497 e. The molecule has 0 atom stereocenters. The minimum Gasteiger partial charge on any atom is -0.497 e. The van der Waals surface area contributed by atoms with Gasteiger partial charge in [0.05, 0.1) is 13.7 Å². The van der Waals surface area contributed by atoms with E-state index in [1.807, 2.05) is 12.1 Å². The number of nitrogens with one attached hydrogen (secondary N) is 1. The standard InChI is InChI=1S/C19H26N4O2/c1-13(2)19-21-17(20-7-9-24)11-18(22-19)23-8-6-14-10-16(25-3)5-4-15(14)12-23/h4-5,10-11,13,24H,6-9,12H2,1-3H3,(H,20,21,22). The van der Waals surface area contributed by atoms with Crippen LogP contribution >= 0.6 is 0 Å². The summed E-state index contributed by atoms with van der Waals surface area (Å²) in [6, 6.07) is 8.24. The first kappa shape index (κ1) is 17.5. The number of fused-ring (bicyclic) bond motifs is 1. The number of rotatable bonds is 6. The van der Waals surface area contributed by atoms with Crippen molar-refractivity contribution >= 4 is 11.6 Å². The minimum absolute atomic E-state index is 0.0786. The van der Waals surface area contributed by atoms with Crippen molar-refractivity contribution in [2.75, 3.05) is 37.0 Å². The normalized spacial score (nSPS) is 13.7. The van der Waals surface area contributed by atoms with Crippen LogP contribution in [-0.2, 0) is 13.0 Å². The Labute approximate surface area is 148 Å². The summed E-state index contributed by atoms with van der Waals surface area (Å²) < 4.78 is 5.32. The second-order valence-electron chi connectivity index (χ2n) is 6.58. The molecule has 134 valence electrons. The molecule has 3 rings (SSSR count). The molecule has 2 N–H and O–H groups in total. The first-order chi connectivity index (χ1) is 12.1. The van der Waals surface area contributed by atoms with Crippen LogP contribution in [0.5, 0.6) is 5.75 Å². The number of hydrogen-bond acceptors (Lipinski definition) is 6. The van der Waals surface area contributed by atoms with Crippen molar-refractivity contribution in [2.45, 2.75) is 32.7 Å². The number of aliphatic hydroxyl groups excluding tert-OH is 1. The number of nitrogens with zero attached hydrogens (tertiary/aromatic N) is 3. The van der Waals surface area contributed by atoms with Crippen molar-refractivity contribution in [3.8, 4) is 5.75 Å². The third kappa shape index (κ3) is 4.02. The zero-order valence-electron chi connectivity index (χ0n) is 15.1. The number of aromatic nitrogens is 2. The molecule has 0 radical (unpaired) electrons. The van der Waals surface area contributed by atoms with Crippen LogP contribution in [0.25, 0.3) is 0 Å². The lowest BCUT2D eigenvalue weighted by molar-refractivity contribution is 0.311. The Bertz CT molecular complexity index is 733. The number of methoxy groups -OCH3 is 1. The van der Waals surface area contributed by atoms with E-state index in [1.165, 1.54) is 11.1 Å². The molecule has 2 aromatic rings. The smallest absolute Gasteiger partial charge is 0.135 e. The van der Waals surface area contributed by atoms with E-state index in [1.54, 1.807) is 7.11 Å². The van der Waals surface area contributed by atoms with Crippen LogP contribution in [0.15, 0.2) is 24.3 Å². The van der Waals surface area contributed by atoms with Crippen molar-refractivity contribution in [1.82, 2.24) is 9.97 Å². The summed E-state index contributed by atoms with van der Waals surface area (Å²) in [5.41, 5.74) is 2.65. The monoisotopic (exact) mass is 342 g/mol. The molecule has 0 saturated carbocycles. The molecular weight excluding hydrogens is 316 g/mol. The van der Waals surface area contributed by atoms with Crippen LogP contribution in [0.2, 0.25) is 0 Å². The summed E-state index contributed by atoms with van der Waals surface area (Å²) in [6.07, 6.45) is 0.965. The Balaban J connectivity index is 1.86. The Morgan fingerprint density at radius 1 is 1.24 bits per heavy atom. The van der Waals surface area contributed by atoms with Gasteiger partial charge in [-0.2, -0.15) is 0 Å². The lowest BCUT2D eigenvalue weighted by Gasteiger charge is -2.30. The van der Waals surface area contributed by atoms with Crippen LogP contribution in [0.1, 0.15) is 36.7 Å². The van der Waals surface area contributed by atoms with Crippen LogP contribution in [0, 0.1) is 0 Å². The van der Waals surface area contributed by atoms with E-state index in [0.29, 0.717) is 6.54 Å². The van der Waals surface area contributed by atoms with E-state index in [2.05, 4.69) is 41.2 Å². The van der Waals surface area contributed by atoms with Gasteiger partial charge in [0, 0.05) is 31.6 Å². The zero-order valence-corrected chi connectivity index (χ0v) is 15.1. The van der Waals surface area contributed by atoms with Gasteiger partial charge in [0.25, 0.3) is 0 Å². The predicted octanol–water partition coefficient (Wildman–Crippen LogP) is 2.58. The number of anilines is 2. The van der Waals surface area contributed by atoms with E-state index in [0.717, 1.165) is 42.7 Å². The van der Waals surface area contributed by atoms with Gasteiger partial charge in [0.1, 0.15) is 23.2 Å². The Kier molecular flexibility index (Phi) is 5.38. The van der Waals surface area contributed by atoms with Crippen LogP contribution in [0.3, 0.4) is 0 Å². The van der Waals surface area contributed by atoms with Crippen LogP contribution in [-0.4, -0.2) is 41.9 Å². The van der Waals surface area contributed by atoms with Gasteiger partial charge < -0.3 is 20.1 Å². The van der Waals surface area contributed by atoms with Gasteiger partial charge in [-0.25, -0.2) is 9.97 Å². The highest BCUT2D eigenvalue weighted by molar-refractivity contribution is 5.52. The van der Waals surface area contributed by atoms with E-state index in [4.69, 9.17) is 14.8 Å². The predicted molar refractivity (Wildman–Crippen MR) is 99.4 cm³/mol. The fourth-order valence-electron chi connectivity index (χ4n) is 3.00. The molecule has 0 amide bonds. The molecule has 0 aliphatic carbocycles. The molecule has 25 heavy (non-hydrogen) atoms. The minimum atomic E-state index is 0.0786. The maximum absolute atomic E-state index is 9.05. The van der Waals surface area contributed by atoms with Crippen LogP contribution < -0.4 is 15.0 Å². The molecule has 0 saturated heterocycles. The van der Waals surface area contributed by atoms with E-state index in [-0.39, 0.29) is 12.5 Å². The summed E-state index contributed by atoms with van der Waals surface area (Å²) in [6.45, 7) is 6.48. The number of aliphatic hydroxyl groups is 1. The lowest BCUT2D eigenvalue weighted by atomic mass is 9.99. The molecule has 0 unspecified atom stereocenters. The van der Waals surface area contributed by atoms with Gasteiger partial charge in [0.2, 0.25) is 0 Å². The van der Waals surface area contributed by atoms with Crippen molar-refractivity contribution in [3.05, 3.63) is 41.2 Å². The summed E-state index contributed by atoms with van der Waals surface area (Å²) >= 11 is 0. The fraction of sp³-hybridized carbons (Fsp3) is 0.474. The maximum Gasteiger partial charge on any atom is 0.135 e. The second-order valence-corrected chi connectivity index (χ2v) is 6.58.